The minimum atomic E-state index is 0.470. The second-order valence-corrected chi connectivity index (χ2v) is 9.42. The molecule has 0 radical (unpaired) electrons. The molecule has 1 aliphatic rings. The summed E-state index contributed by atoms with van der Waals surface area (Å²) in [5.74, 6) is 2.20. The maximum Gasteiger partial charge on any atom is 0.229 e. The summed E-state index contributed by atoms with van der Waals surface area (Å²) in [5, 5.41) is 4.12. The third-order valence-corrected chi connectivity index (χ3v) is 6.60. The van der Waals surface area contributed by atoms with Crippen molar-refractivity contribution in [2.75, 3.05) is 43.4 Å². The van der Waals surface area contributed by atoms with Crippen LogP contribution in [0.1, 0.15) is 11.4 Å². The van der Waals surface area contributed by atoms with E-state index < -0.39 is 0 Å². The maximum absolute atomic E-state index is 6.12. The molecule has 0 aliphatic carbocycles. The zero-order chi connectivity index (χ0) is 23.9. The van der Waals surface area contributed by atoms with Crippen LogP contribution >= 0.6 is 11.6 Å². The van der Waals surface area contributed by atoms with Gasteiger partial charge < -0.3 is 20.1 Å². The molecule has 0 unspecified atom stereocenters. The highest BCUT2D eigenvalue weighted by Crippen LogP contribution is 2.26. The number of aromatic nitrogens is 6. The first-order valence-electron chi connectivity index (χ1n) is 11.7. The van der Waals surface area contributed by atoms with E-state index >= 15 is 0 Å². The molecule has 6 rings (SSSR count). The molecule has 2 N–H and O–H groups in total. The molecule has 9 nitrogen and oxygen atoms in total. The van der Waals surface area contributed by atoms with Crippen molar-refractivity contribution in [3.63, 3.8) is 0 Å². The Hall–Kier alpha value is -3.69. The van der Waals surface area contributed by atoms with E-state index in [0.717, 1.165) is 59.9 Å². The number of hydrogen-bond donors (Lipinski definition) is 2. The van der Waals surface area contributed by atoms with Crippen molar-refractivity contribution in [2.45, 2.75) is 13.5 Å². The zero-order valence-corrected chi connectivity index (χ0v) is 20.4. The Morgan fingerprint density at radius 3 is 2.71 bits per heavy atom. The van der Waals surface area contributed by atoms with Crippen LogP contribution in [0.25, 0.3) is 27.9 Å². The van der Waals surface area contributed by atoms with Gasteiger partial charge in [0.1, 0.15) is 12.2 Å². The number of imidazole rings is 2. The van der Waals surface area contributed by atoms with E-state index in [0.29, 0.717) is 23.3 Å². The molecule has 1 saturated heterocycles. The zero-order valence-electron chi connectivity index (χ0n) is 19.7. The van der Waals surface area contributed by atoms with Crippen LogP contribution in [0.5, 0.6) is 0 Å². The Bertz CT molecular complexity index is 1510. The van der Waals surface area contributed by atoms with Gasteiger partial charge in [0, 0.05) is 36.9 Å². The normalized spacial score (nSPS) is 14.8. The lowest BCUT2D eigenvalue weighted by atomic mass is 10.2. The first-order chi connectivity index (χ1) is 17.0. The predicted octanol–water partition coefficient (Wildman–Crippen LogP) is 4.02. The van der Waals surface area contributed by atoms with Crippen molar-refractivity contribution in [3.05, 3.63) is 65.2 Å². The SMILES string of the molecule is Cc1cccc(-n2cnc3c(NCc4nc5cc(Cl)ccc5[nH]4)nc(N4CCN(C)CC4)nc32)c1. The maximum atomic E-state index is 6.12. The number of aromatic amines is 1. The van der Waals surface area contributed by atoms with E-state index in [4.69, 9.17) is 26.6 Å². The fourth-order valence-corrected chi connectivity index (χ4v) is 4.58. The standard InChI is InChI=1S/C25H26ClN9/c1-16-4-3-5-18(12-16)35-15-28-22-23(27-14-21-29-19-7-6-17(26)13-20(19)30-21)31-25(32-24(22)35)34-10-8-33(2)9-11-34/h3-7,12-13,15H,8-11,14H2,1-2H3,(H,29,30)(H,27,31,32). The highest BCUT2D eigenvalue weighted by molar-refractivity contribution is 6.31. The number of likely N-dealkylation sites (N-methyl/N-ethyl adjacent to an activating group) is 1. The lowest BCUT2D eigenvalue weighted by Crippen LogP contribution is -2.45. The van der Waals surface area contributed by atoms with Crippen LogP contribution < -0.4 is 10.2 Å². The van der Waals surface area contributed by atoms with Crippen molar-refractivity contribution in [2.24, 2.45) is 0 Å². The van der Waals surface area contributed by atoms with Crippen molar-refractivity contribution >= 4 is 45.6 Å². The van der Waals surface area contributed by atoms with E-state index in [1.165, 1.54) is 5.56 Å². The number of halogens is 1. The van der Waals surface area contributed by atoms with Crippen LogP contribution in [0.2, 0.25) is 5.02 Å². The monoisotopic (exact) mass is 487 g/mol. The molecule has 0 spiro atoms. The molecule has 0 atom stereocenters. The molecule has 3 aromatic heterocycles. The van der Waals surface area contributed by atoms with Crippen molar-refractivity contribution in [3.8, 4) is 5.69 Å². The number of nitrogens with zero attached hydrogens (tertiary/aromatic N) is 7. The third kappa shape index (κ3) is 4.28. The van der Waals surface area contributed by atoms with Crippen molar-refractivity contribution in [1.82, 2.24) is 34.4 Å². The number of piperazine rings is 1. The quantitative estimate of drug-likeness (QED) is 0.387. The van der Waals surface area contributed by atoms with Gasteiger partial charge >= 0.3 is 0 Å². The summed E-state index contributed by atoms with van der Waals surface area (Å²) in [7, 11) is 2.14. The average Bonchev–Trinajstić information content (AvgIpc) is 3.46. The van der Waals surface area contributed by atoms with E-state index in [1.54, 1.807) is 0 Å². The summed E-state index contributed by atoms with van der Waals surface area (Å²) in [4.78, 5) is 27.1. The minimum absolute atomic E-state index is 0.470. The van der Waals surface area contributed by atoms with Crippen LogP contribution in [0, 0.1) is 6.92 Å². The Labute approximate surface area is 207 Å². The molecule has 0 bridgehead atoms. The first kappa shape index (κ1) is 21.8. The Morgan fingerprint density at radius 1 is 1.03 bits per heavy atom. The van der Waals surface area contributed by atoms with Crippen molar-refractivity contribution in [1.29, 1.82) is 0 Å². The van der Waals surface area contributed by atoms with Gasteiger partial charge in [-0.2, -0.15) is 9.97 Å². The highest BCUT2D eigenvalue weighted by Gasteiger charge is 2.21. The number of H-pyrrole nitrogens is 1. The van der Waals surface area contributed by atoms with Gasteiger partial charge in [-0.1, -0.05) is 23.7 Å². The molecule has 1 fully saturated rings. The summed E-state index contributed by atoms with van der Waals surface area (Å²) in [5.41, 5.74) is 5.49. The Balaban J connectivity index is 1.39. The molecule has 178 valence electrons. The van der Waals surface area contributed by atoms with Gasteiger partial charge in [0.25, 0.3) is 0 Å². The minimum Gasteiger partial charge on any atom is -0.361 e. The van der Waals surface area contributed by atoms with Gasteiger partial charge in [0.15, 0.2) is 17.0 Å². The molecule has 5 aromatic rings. The molecular weight excluding hydrogens is 462 g/mol. The fraction of sp³-hybridized carbons (Fsp3) is 0.280. The fourth-order valence-electron chi connectivity index (χ4n) is 4.41. The van der Waals surface area contributed by atoms with E-state index in [-0.39, 0.29) is 0 Å². The van der Waals surface area contributed by atoms with Crippen LogP contribution in [-0.4, -0.2) is 67.6 Å². The summed E-state index contributed by atoms with van der Waals surface area (Å²) in [6.45, 7) is 6.26. The second-order valence-electron chi connectivity index (χ2n) is 8.99. The number of nitrogens with one attached hydrogen (secondary N) is 2. The van der Waals surface area contributed by atoms with Gasteiger partial charge in [0.05, 0.1) is 17.6 Å². The molecule has 1 aliphatic heterocycles. The van der Waals surface area contributed by atoms with Gasteiger partial charge in [-0.25, -0.2) is 9.97 Å². The van der Waals surface area contributed by atoms with Crippen LogP contribution in [0.3, 0.4) is 0 Å². The molecule has 35 heavy (non-hydrogen) atoms. The lowest BCUT2D eigenvalue weighted by Gasteiger charge is -2.32. The third-order valence-electron chi connectivity index (χ3n) is 6.37. The number of aryl methyl sites for hydroxylation is 1. The lowest BCUT2D eigenvalue weighted by molar-refractivity contribution is 0.311. The van der Waals surface area contributed by atoms with Crippen molar-refractivity contribution < 1.29 is 0 Å². The number of rotatable bonds is 5. The Morgan fingerprint density at radius 2 is 1.89 bits per heavy atom. The number of benzene rings is 2. The predicted molar refractivity (Wildman–Crippen MR) is 140 cm³/mol. The molecule has 0 saturated carbocycles. The van der Waals surface area contributed by atoms with Gasteiger partial charge in [0.2, 0.25) is 5.95 Å². The van der Waals surface area contributed by atoms with Gasteiger partial charge in [-0.15, -0.1) is 0 Å². The number of hydrogen-bond acceptors (Lipinski definition) is 7. The van der Waals surface area contributed by atoms with E-state index in [1.807, 2.05) is 35.2 Å². The highest BCUT2D eigenvalue weighted by atomic mass is 35.5. The van der Waals surface area contributed by atoms with E-state index in [9.17, 15) is 0 Å². The molecule has 2 aromatic carbocycles. The summed E-state index contributed by atoms with van der Waals surface area (Å²) in [6, 6.07) is 14.0. The van der Waals surface area contributed by atoms with E-state index in [2.05, 4.69) is 57.3 Å². The largest absolute Gasteiger partial charge is 0.361 e. The van der Waals surface area contributed by atoms with Gasteiger partial charge in [-0.3, -0.25) is 4.57 Å². The Kier molecular flexibility index (Phi) is 5.50. The summed E-state index contributed by atoms with van der Waals surface area (Å²) >= 11 is 6.12. The summed E-state index contributed by atoms with van der Waals surface area (Å²) < 4.78 is 2.03. The van der Waals surface area contributed by atoms with Crippen LogP contribution in [-0.2, 0) is 6.54 Å². The number of fused-ring (bicyclic) bond motifs is 2. The second kappa shape index (κ2) is 8.83. The molecule has 10 heteroatoms. The topological polar surface area (TPSA) is 90.8 Å². The van der Waals surface area contributed by atoms with Crippen LogP contribution in [0.4, 0.5) is 11.8 Å². The molecule has 0 amide bonds. The molecular formula is C25H26ClN9. The number of anilines is 2. The van der Waals surface area contributed by atoms with Gasteiger partial charge in [-0.05, 0) is 49.9 Å². The smallest absolute Gasteiger partial charge is 0.229 e. The average molecular weight is 488 g/mol. The molecule has 4 heterocycles. The first-order valence-corrected chi connectivity index (χ1v) is 12.0. The summed E-state index contributed by atoms with van der Waals surface area (Å²) in [6.07, 6.45) is 1.82. The van der Waals surface area contributed by atoms with Crippen LogP contribution in [0.15, 0.2) is 48.8 Å².